The van der Waals surface area contributed by atoms with Crippen molar-refractivity contribution in [3.63, 3.8) is 0 Å². The van der Waals surface area contributed by atoms with Crippen molar-refractivity contribution < 1.29 is 23.1 Å². The van der Waals surface area contributed by atoms with E-state index in [0.29, 0.717) is 11.6 Å². The second-order valence-electron chi connectivity index (χ2n) is 4.80. The van der Waals surface area contributed by atoms with Crippen LogP contribution < -0.4 is 0 Å². The Morgan fingerprint density at radius 2 is 2.09 bits per heavy atom. The number of halogens is 3. The van der Waals surface area contributed by atoms with Gasteiger partial charge in [-0.25, -0.2) is 9.78 Å². The zero-order valence-corrected chi connectivity index (χ0v) is 12.4. The first-order valence-electron chi connectivity index (χ1n) is 6.28. The van der Waals surface area contributed by atoms with E-state index in [9.17, 15) is 18.0 Å². The first-order chi connectivity index (χ1) is 10.3. The van der Waals surface area contributed by atoms with E-state index in [1.165, 1.54) is 6.07 Å². The Bertz CT molecular complexity index is 670. The molecular weight excluding hydrogens is 317 g/mol. The summed E-state index contributed by atoms with van der Waals surface area (Å²) < 4.78 is 37.4. The van der Waals surface area contributed by atoms with Gasteiger partial charge in [-0.05, 0) is 24.7 Å². The van der Waals surface area contributed by atoms with Crippen LogP contribution >= 0.6 is 11.3 Å². The molecule has 4 nitrogen and oxygen atoms in total. The van der Waals surface area contributed by atoms with Crippen LogP contribution in [0.2, 0.25) is 0 Å². The fraction of sp³-hybridized carbons (Fsp3) is 0.286. The largest absolute Gasteiger partial charge is 0.478 e. The molecule has 0 saturated carbocycles. The van der Waals surface area contributed by atoms with E-state index in [1.54, 1.807) is 30.1 Å². The molecule has 1 heterocycles. The van der Waals surface area contributed by atoms with E-state index in [1.807, 2.05) is 0 Å². The minimum Gasteiger partial charge on any atom is -0.478 e. The van der Waals surface area contributed by atoms with Crippen LogP contribution in [0.15, 0.2) is 29.6 Å². The number of carboxylic acid groups (broad SMARTS) is 1. The number of alkyl halides is 3. The van der Waals surface area contributed by atoms with Gasteiger partial charge in [-0.1, -0.05) is 12.1 Å². The van der Waals surface area contributed by atoms with Crippen molar-refractivity contribution in [2.75, 3.05) is 7.05 Å². The highest BCUT2D eigenvalue weighted by Crippen LogP contribution is 2.30. The standard InChI is InChI=1S/C14H13F3N2O2S/c1-19(6-9-3-2-4-10(5-9)13(20)21)7-12-18-11(8-22-12)14(15,16)17/h2-5,8H,6-7H2,1H3,(H,20,21). The average molecular weight is 330 g/mol. The topological polar surface area (TPSA) is 53.4 Å². The fourth-order valence-corrected chi connectivity index (χ4v) is 2.79. The lowest BCUT2D eigenvalue weighted by molar-refractivity contribution is -0.140. The molecule has 1 N–H and O–H groups in total. The molecular formula is C14H13F3N2O2S. The summed E-state index contributed by atoms with van der Waals surface area (Å²) >= 11 is 0.956. The summed E-state index contributed by atoms with van der Waals surface area (Å²) in [6.45, 7) is 0.681. The van der Waals surface area contributed by atoms with Gasteiger partial charge in [-0.15, -0.1) is 11.3 Å². The lowest BCUT2D eigenvalue weighted by Gasteiger charge is -2.15. The minimum atomic E-state index is -4.43. The highest BCUT2D eigenvalue weighted by Gasteiger charge is 2.33. The molecule has 0 atom stereocenters. The first kappa shape index (κ1) is 16.4. The minimum absolute atomic E-state index is 0.180. The van der Waals surface area contributed by atoms with Gasteiger partial charge in [0.2, 0.25) is 0 Å². The van der Waals surface area contributed by atoms with Crippen molar-refractivity contribution in [3.8, 4) is 0 Å². The number of hydrogen-bond acceptors (Lipinski definition) is 4. The van der Waals surface area contributed by atoms with E-state index >= 15 is 0 Å². The third kappa shape index (κ3) is 4.28. The maximum Gasteiger partial charge on any atom is 0.434 e. The molecule has 0 fully saturated rings. The van der Waals surface area contributed by atoms with Gasteiger partial charge in [-0.3, -0.25) is 4.90 Å². The van der Waals surface area contributed by atoms with Crippen molar-refractivity contribution in [1.82, 2.24) is 9.88 Å². The van der Waals surface area contributed by atoms with Crippen LogP contribution in [0.1, 0.15) is 26.6 Å². The van der Waals surface area contributed by atoms with Crippen molar-refractivity contribution in [1.29, 1.82) is 0 Å². The van der Waals surface area contributed by atoms with E-state index in [2.05, 4.69) is 4.98 Å². The van der Waals surface area contributed by atoms with E-state index in [0.717, 1.165) is 22.3 Å². The summed E-state index contributed by atoms with van der Waals surface area (Å²) in [6.07, 6.45) is -4.43. The van der Waals surface area contributed by atoms with E-state index in [4.69, 9.17) is 5.11 Å². The smallest absolute Gasteiger partial charge is 0.434 e. The third-order valence-electron chi connectivity index (χ3n) is 2.87. The summed E-state index contributed by atoms with van der Waals surface area (Å²) in [5, 5.41) is 10.3. The number of benzene rings is 1. The Morgan fingerprint density at radius 1 is 1.36 bits per heavy atom. The predicted octanol–water partition coefficient (Wildman–Crippen LogP) is 3.49. The Labute approximate surface area is 128 Å². The average Bonchev–Trinajstić information content (AvgIpc) is 2.87. The van der Waals surface area contributed by atoms with Gasteiger partial charge in [0.25, 0.3) is 0 Å². The molecule has 0 aliphatic rings. The summed E-state index contributed by atoms with van der Waals surface area (Å²) in [6, 6.07) is 6.44. The molecule has 118 valence electrons. The molecule has 0 aliphatic carbocycles. The lowest BCUT2D eigenvalue weighted by atomic mass is 10.1. The summed E-state index contributed by atoms with van der Waals surface area (Å²) in [5.41, 5.74) is 0.0725. The van der Waals surface area contributed by atoms with Crippen molar-refractivity contribution >= 4 is 17.3 Å². The highest BCUT2D eigenvalue weighted by atomic mass is 32.1. The van der Waals surface area contributed by atoms with Crippen molar-refractivity contribution in [3.05, 3.63) is 51.5 Å². The second-order valence-corrected chi connectivity index (χ2v) is 5.74. The molecule has 1 aromatic heterocycles. The van der Waals surface area contributed by atoms with Gasteiger partial charge < -0.3 is 5.11 Å². The van der Waals surface area contributed by atoms with Crippen LogP contribution in [0.3, 0.4) is 0 Å². The van der Waals surface area contributed by atoms with Gasteiger partial charge >= 0.3 is 12.1 Å². The molecule has 22 heavy (non-hydrogen) atoms. The van der Waals surface area contributed by atoms with Crippen molar-refractivity contribution in [2.45, 2.75) is 19.3 Å². The summed E-state index contributed by atoms with van der Waals surface area (Å²) in [5.74, 6) is -1.01. The van der Waals surface area contributed by atoms with Crippen LogP contribution in [-0.2, 0) is 19.3 Å². The Hall–Kier alpha value is -1.93. The molecule has 0 radical (unpaired) electrons. The third-order valence-corrected chi connectivity index (χ3v) is 3.71. The SMILES string of the molecule is CN(Cc1cccc(C(=O)O)c1)Cc1nc(C(F)(F)F)cs1. The zero-order valence-electron chi connectivity index (χ0n) is 11.6. The molecule has 2 rings (SSSR count). The number of thiazole rings is 1. The van der Waals surface area contributed by atoms with Gasteiger partial charge in [-0.2, -0.15) is 13.2 Å². The summed E-state index contributed by atoms with van der Waals surface area (Å²) in [7, 11) is 1.74. The molecule has 2 aromatic rings. The number of aromatic carboxylic acids is 1. The normalized spacial score (nSPS) is 11.9. The zero-order chi connectivity index (χ0) is 16.3. The van der Waals surface area contributed by atoms with Crippen LogP contribution in [0, 0.1) is 0 Å². The molecule has 0 unspecified atom stereocenters. The maximum atomic E-state index is 12.5. The lowest BCUT2D eigenvalue weighted by Crippen LogP contribution is -2.17. The van der Waals surface area contributed by atoms with Crippen molar-refractivity contribution in [2.24, 2.45) is 0 Å². The van der Waals surface area contributed by atoms with E-state index < -0.39 is 17.8 Å². The quantitative estimate of drug-likeness (QED) is 0.912. The van der Waals surface area contributed by atoms with Gasteiger partial charge in [0.15, 0.2) is 5.69 Å². The van der Waals surface area contributed by atoms with Crippen LogP contribution in [-0.4, -0.2) is 28.0 Å². The first-order valence-corrected chi connectivity index (χ1v) is 7.16. The molecule has 0 bridgehead atoms. The predicted molar refractivity (Wildman–Crippen MR) is 75.7 cm³/mol. The van der Waals surface area contributed by atoms with Crippen LogP contribution in [0.5, 0.6) is 0 Å². The van der Waals surface area contributed by atoms with Gasteiger partial charge in [0, 0.05) is 11.9 Å². The maximum absolute atomic E-state index is 12.5. The van der Waals surface area contributed by atoms with Gasteiger partial charge in [0.05, 0.1) is 12.1 Å². The molecule has 0 saturated heterocycles. The fourth-order valence-electron chi connectivity index (χ4n) is 1.91. The number of carboxylic acids is 1. The molecule has 1 aromatic carbocycles. The number of nitrogens with zero attached hydrogens (tertiary/aromatic N) is 2. The highest BCUT2D eigenvalue weighted by molar-refractivity contribution is 7.09. The number of aromatic nitrogens is 1. The number of carbonyl (C=O) groups is 1. The van der Waals surface area contributed by atoms with Gasteiger partial charge in [0.1, 0.15) is 5.01 Å². The second kappa shape index (κ2) is 6.45. The Morgan fingerprint density at radius 3 is 2.68 bits per heavy atom. The van der Waals surface area contributed by atoms with Crippen LogP contribution in [0.25, 0.3) is 0 Å². The number of rotatable bonds is 5. The van der Waals surface area contributed by atoms with E-state index in [-0.39, 0.29) is 12.1 Å². The monoisotopic (exact) mass is 330 g/mol. The molecule has 8 heteroatoms. The molecule has 0 spiro atoms. The molecule has 0 amide bonds. The Balaban J connectivity index is 2.01. The number of hydrogen-bond donors (Lipinski definition) is 1. The Kier molecular flexibility index (Phi) is 4.82. The summed E-state index contributed by atoms with van der Waals surface area (Å²) in [4.78, 5) is 16.2. The van der Waals surface area contributed by atoms with Crippen LogP contribution in [0.4, 0.5) is 13.2 Å². The molecule has 0 aliphatic heterocycles.